The second-order valence-electron chi connectivity index (χ2n) is 5.95. The van der Waals surface area contributed by atoms with Crippen molar-refractivity contribution in [1.82, 2.24) is 19.8 Å². The SMILES string of the molecule is CSCCC(=O)N1C[C@@H]2C[C@H]1CN2C(=O)C(F)(F)c1cnccn1. The normalized spacial score (nSPS) is 23.0. The van der Waals surface area contributed by atoms with Gasteiger partial charge in [0.05, 0.1) is 18.3 Å². The first-order chi connectivity index (χ1) is 11.4. The first kappa shape index (κ1) is 17.1. The highest BCUT2D eigenvalue weighted by molar-refractivity contribution is 7.98. The molecule has 0 spiro atoms. The molecule has 0 saturated carbocycles. The Bertz CT molecular complexity index is 631. The summed E-state index contributed by atoms with van der Waals surface area (Å²) in [4.78, 5) is 34.5. The molecule has 0 N–H and O–H groups in total. The number of alkyl halides is 2. The van der Waals surface area contributed by atoms with E-state index in [4.69, 9.17) is 0 Å². The molecule has 2 aliphatic rings. The molecule has 2 atom stereocenters. The van der Waals surface area contributed by atoms with Crippen LogP contribution < -0.4 is 0 Å². The molecule has 3 rings (SSSR count). The Hall–Kier alpha value is -1.77. The van der Waals surface area contributed by atoms with Gasteiger partial charge in [0.25, 0.3) is 5.91 Å². The van der Waals surface area contributed by atoms with E-state index in [1.807, 2.05) is 6.26 Å². The van der Waals surface area contributed by atoms with E-state index >= 15 is 0 Å². The van der Waals surface area contributed by atoms with Gasteiger partial charge in [-0.1, -0.05) is 0 Å². The second kappa shape index (κ2) is 6.62. The van der Waals surface area contributed by atoms with Crippen LogP contribution in [0, 0.1) is 0 Å². The minimum Gasteiger partial charge on any atom is -0.336 e. The third-order valence-electron chi connectivity index (χ3n) is 4.50. The van der Waals surface area contributed by atoms with Gasteiger partial charge >= 0.3 is 5.92 Å². The highest BCUT2D eigenvalue weighted by Gasteiger charge is 2.54. The maximum Gasteiger partial charge on any atom is 0.367 e. The smallest absolute Gasteiger partial charge is 0.336 e. The average molecular weight is 356 g/mol. The maximum atomic E-state index is 14.4. The number of halogens is 2. The highest BCUT2D eigenvalue weighted by Crippen LogP contribution is 2.36. The summed E-state index contributed by atoms with van der Waals surface area (Å²) in [6.45, 7) is 0.491. The van der Waals surface area contributed by atoms with Crippen molar-refractivity contribution in [3.8, 4) is 0 Å². The van der Waals surface area contributed by atoms with Gasteiger partial charge in [0.1, 0.15) is 5.69 Å². The molecule has 0 radical (unpaired) electrons. The number of fused-ring (bicyclic) bond motifs is 2. The molecule has 0 unspecified atom stereocenters. The van der Waals surface area contributed by atoms with Gasteiger partial charge in [-0.2, -0.15) is 20.5 Å². The van der Waals surface area contributed by atoms with Gasteiger partial charge in [-0.3, -0.25) is 19.6 Å². The fourth-order valence-corrected chi connectivity index (χ4v) is 3.68. The number of hydrogen-bond acceptors (Lipinski definition) is 5. The van der Waals surface area contributed by atoms with Crippen molar-refractivity contribution < 1.29 is 18.4 Å². The summed E-state index contributed by atoms with van der Waals surface area (Å²) in [5.74, 6) is -4.19. The van der Waals surface area contributed by atoms with Crippen molar-refractivity contribution in [2.75, 3.05) is 25.1 Å². The number of nitrogens with zero attached hydrogens (tertiary/aromatic N) is 4. The Kier molecular flexibility index (Phi) is 4.71. The van der Waals surface area contributed by atoms with Crippen LogP contribution in [-0.4, -0.2) is 68.8 Å². The fourth-order valence-electron chi connectivity index (χ4n) is 3.31. The predicted octanol–water partition coefficient (Wildman–Crippen LogP) is 1.13. The van der Waals surface area contributed by atoms with E-state index in [0.29, 0.717) is 19.4 Å². The van der Waals surface area contributed by atoms with Crippen molar-refractivity contribution in [1.29, 1.82) is 0 Å². The fraction of sp³-hybridized carbons (Fsp3) is 0.600. The minimum atomic E-state index is -3.70. The number of likely N-dealkylation sites (tertiary alicyclic amines) is 2. The van der Waals surface area contributed by atoms with Gasteiger partial charge in [-0.15, -0.1) is 0 Å². The van der Waals surface area contributed by atoms with Gasteiger partial charge < -0.3 is 9.80 Å². The molecule has 2 saturated heterocycles. The molecule has 0 aromatic carbocycles. The summed E-state index contributed by atoms with van der Waals surface area (Å²) < 4.78 is 28.7. The Morgan fingerprint density at radius 1 is 1.29 bits per heavy atom. The third-order valence-corrected chi connectivity index (χ3v) is 5.11. The quantitative estimate of drug-likeness (QED) is 0.791. The number of hydrogen-bond donors (Lipinski definition) is 0. The van der Waals surface area contributed by atoms with Crippen LogP contribution in [0.1, 0.15) is 18.5 Å². The summed E-state index contributed by atoms with van der Waals surface area (Å²) in [6.07, 6.45) is 6.25. The zero-order valence-corrected chi connectivity index (χ0v) is 14.0. The van der Waals surface area contributed by atoms with Crippen LogP contribution in [0.15, 0.2) is 18.6 Å². The molecule has 130 valence electrons. The Morgan fingerprint density at radius 3 is 2.58 bits per heavy atom. The monoisotopic (exact) mass is 356 g/mol. The predicted molar refractivity (Wildman–Crippen MR) is 84.5 cm³/mol. The average Bonchev–Trinajstić information content (AvgIpc) is 3.20. The number of thioether (sulfide) groups is 1. The Balaban J connectivity index is 1.67. The molecule has 6 nitrogen and oxygen atoms in total. The molecule has 1 aromatic rings. The number of aromatic nitrogens is 2. The molecule has 3 heterocycles. The number of piperazine rings is 1. The Labute approximate surface area is 142 Å². The van der Waals surface area contributed by atoms with Gasteiger partial charge in [-0.25, -0.2) is 0 Å². The Morgan fingerprint density at radius 2 is 2.00 bits per heavy atom. The minimum absolute atomic E-state index is 0.0321. The van der Waals surface area contributed by atoms with Gasteiger partial charge in [0.15, 0.2) is 0 Å². The molecule has 2 bridgehead atoms. The lowest BCUT2D eigenvalue weighted by atomic mass is 10.2. The first-order valence-corrected chi connectivity index (χ1v) is 9.08. The van der Waals surface area contributed by atoms with Gasteiger partial charge in [0, 0.05) is 37.7 Å². The maximum absolute atomic E-state index is 14.4. The van der Waals surface area contributed by atoms with Crippen LogP contribution in [0.3, 0.4) is 0 Å². The summed E-state index contributed by atoms with van der Waals surface area (Å²) in [6, 6.07) is -0.505. The van der Waals surface area contributed by atoms with Crippen molar-refractivity contribution in [3.05, 3.63) is 24.3 Å². The zero-order chi connectivity index (χ0) is 17.3. The van der Waals surface area contributed by atoms with Crippen molar-refractivity contribution in [2.45, 2.75) is 30.8 Å². The van der Waals surface area contributed by atoms with Crippen molar-refractivity contribution >= 4 is 23.6 Å². The summed E-state index contributed by atoms with van der Waals surface area (Å²) in [5, 5.41) is 0. The van der Waals surface area contributed by atoms with E-state index in [9.17, 15) is 18.4 Å². The van der Waals surface area contributed by atoms with Crippen LogP contribution in [-0.2, 0) is 15.5 Å². The van der Waals surface area contributed by atoms with Crippen LogP contribution in [0.5, 0.6) is 0 Å². The number of carbonyl (C=O) groups excluding carboxylic acids is 2. The van der Waals surface area contributed by atoms with E-state index in [1.165, 1.54) is 11.1 Å². The lowest BCUT2D eigenvalue weighted by Crippen LogP contribution is -2.54. The van der Waals surface area contributed by atoms with Gasteiger partial charge in [0.2, 0.25) is 5.91 Å². The molecule has 24 heavy (non-hydrogen) atoms. The summed E-state index contributed by atoms with van der Waals surface area (Å²) >= 11 is 1.59. The van der Waals surface area contributed by atoms with E-state index < -0.39 is 17.5 Å². The van der Waals surface area contributed by atoms with E-state index in [-0.39, 0.29) is 24.5 Å². The van der Waals surface area contributed by atoms with Gasteiger partial charge in [-0.05, 0) is 12.7 Å². The zero-order valence-electron chi connectivity index (χ0n) is 13.2. The topological polar surface area (TPSA) is 66.4 Å². The van der Waals surface area contributed by atoms with E-state index in [1.54, 1.807) is 16.7 Å². The number of carbonyl (C=O) groups is 2. The molecule has 2 fully saturated rings. The summed E-state index contributed by atoms with van der Waals surface area (Å²) in [7, 11) is 0. The van der Waals surface area contributed by atoms with E-state index in [0.717, 1.165) is 18.1 Å². The second-order valence-corrected chi connectivity index (χ2v) is 6.94. The largest absolute Gasteiger partial charge is 0.367 e. The molecule has 9 heteroatoms. The number of amides is 2. The molecule has 2 amide bonds. The molecule has 2 aliphatic heterocycles. The number of rotatable bonds is 5. The summed E-state index contributed by atoms with van der Waals surface area (Å²) in [5.41, 5.74) is -0.648. The van der Waals surface area contributed by atoms with E-state index in [2.05, 4.69) is 9.97 Å². The van der Waals surface area contributed by atoms with Crippen LogP contribution in [0.25, 0.3) is 0 Å². The standard InChI is InChI=1S/C15H18F2N4O2S/c1-24-5-2-13(22)20-8-11-6-10(20)9-21(11)14(23)15(16,17)12-7-18-3-4-19-12/h3-4,7,10-11H,2,5-6,8-9H2,1H3/t10-,11-/m0/s1. The van der Waals surface area contributed by atoms with Crippen LogP contribution in [0.4, 0.5) is 8.78 Å². The van der Waals surface area contributed by atoms with Crippen molar-refractivity contribution in [3.63, 3.8) is 0 Å². The third kappa shape index (κ3) is 2.97. The first-order valence-electron chi connectivity index (χ1n) is 7.69. The molecular formula is C15H18F2N4O2S. The molecule has 0 aliphatic carbocycles. The van der Waals surface area contributed by atoms with Crippen LogP contribution >= 0.6 is 11.8 Å². The van der Waals surface area contributed by atoms with Crippen LogP contribution in [0.2, 0.25) is 0 Å². The van der Waals surface area contributed by atoms with Crippen molar-refractivity contribution in [2.24, 2.45) is 0 Å². The lowest BCUT2D eigenvalue weighted by Gasteiger charge is -2.35. The lowest BCUT2D eigenvalue weighted by molar-refractivity contribution is -0.163. The molecule has 1 aromatic heterocycles. The molecular weight excluding hydrogens is 338 g/mol. The highest BCUT2D eigenvalue weighted by atomic mass is 32.2.